The summed E-state index contributed by atoms with van der Waals surface area (Å²) in [5.41, 5.74) is 0.301. The van der Waals surface area contributed by atoms with Crippen LogP contribution in [0.15, 0.2) is 9.42 Å². The van der Waals surface area contributed by atoms with Crippen molar-refractivity contribution in [1.82, 2.24) is 14.8 Å². The molecule has 0 aromatic carbocycles. The second-order valence-corrected chi connectivity index (χ2v) is 7.94. The monoisotopic (exact) mass is 333 g/mol. The number of nitrogens with zero attached hydrogens (tertiary/aromatic N) is 2. The Labute approximate surface area is 133 Å². The number of sulfonamides is 1. The predicted molar refractivity (Wildman–Crippen MR) is 85.0 cm³/mol. The summed E-state index contributed by atoms with van der Waals surface area (Å²) >= 11 is 0. The zero-order valence-electron chi connectivity index (χ0n) is 14.0. The van der Waals surface area contributed by atoms with Crippen LogP contribution in [0.3, 0.4) is 0 Å². The van der Waals surface area contributed by atoms with Gasteiger partial charge in [0.15, 0.2) is 5.76 Å². The second-order valence-electron chi connectivity index (χ2n) is 6.07. The van der Waals surface area contributed by atoms with E-state index in [9.17, 15) is 13.2 Å². The van der Waals surface area contributed by atoms with Crippen molar-refractivity contribution in [3.8, 4) is 0 Å². The van der Waals surface area contributed by atoms with Gasteiger partial charge in [0, 0.05) is 14.0 Å². The molecule has 0 aliphatic heterocycles. The lowest BCUT2D eigenvalue weighted by atomic mass is 10.2. The van der Waals surface area contributed by atoms with Crippen LogP contribution >= 0.6 is 0 Å². The first-order valence-electron chi connectivity index (χ1n) is 7.28. The Morgan fingerprint density at radius 3 is 2.32 bits per heavy atom. The summed E-state index contributed by atoms with van der Waals surface area (Å²) < 4.78 is 31.8. The van der Waals surface area contributed by atoms with E-state index < -0.39 is 10.0 Å². The van der Waals surface area contributed by atoms with Crippen LogP contribution in [0.5, 0.6) is 0 Å². The molecule has 1 rings (SSSR count). The molecule has 0 atom stereocenters. The van der Waals surface area contributed by atoms with Crippen LogP contribution in [0.4, 0.5) is 0 Å². The van der Waals surface area contributed by atoms with Gasteiger partial charge in [0.1, 0.15) is 10.6 Å². The molecule has 0 saturated heterocycles. The minimum Gasteiger partial charge on any atom is -0.360 e. The van der Waals surface area contributed by atoms with Gasteiger partial charge in [-0.05, 0) is 33.6 Å². The van der Waals surface area contributed by atoms with E-state index in [1.165, 1.54) is 4.31 Å². The second kappa shape index (κ2) is 7.23. The molecule has 128 valence electrons. The number of hydrogen-bond acceptors (Lipinski definition) is 5. The summed E-state index contributed by atoms with van der Waals surface area (Å²) in [4.78, 5) is 12.0. The summed E-state index contributed by atoms with van der Waals surface area (Å²) in [6.07, 6.45) is 0. The number of aromatic nitrogens is 1. The third kappa shape index (κ3) is 4.54. The molecule has 0 unspecified atom stereocenters. The van der Waals surface area contributed by atoms with Gasteiger partial charge >= 0.3 is 0 Å². The van der Waals surface area contributed by atoms with E-state index in [-0.39, 0.29) is 43.0 Å². The molecule has 0 fully saturated rings. The zero-order valence-corrected chi connectivity index (χ0v) is 14.8. The number of aryl methyl sites for hydroxylation is 2. The number of hydrogen-bond donors (Lipinski definition) is 1. The van der Waals surface area contributed by atoms with E-state index in [1.54, 1.807) is 13.8 Å². The standard InChI is InChI=1S/C14H25N3O4S.H2/c1-9(2)7-17(8-13(18)15-10(3)4)22(19,20)14-11(5)16-21-12(14)6;/h9-10H,7-8H2,1-6H3,(H,15,18);1H. The maximum atomic E-state index is 12.8. The summed E-state index contributed by atoms with van der Waals surface area (Å²) in [7, 11) is -3.83. The van der Waals surface area contributed by atoms with Crippen molar-refractivity contribution in [3.05, 3.63) is 11.5 Å². The highest BCUT2D eigenvalue weighted by atomic mass is 32.2. The van der Waals surface area contributed by atoms with Gasteiger partial charge in [0.05, 0.1) is 6.54 Å². The number of amides is 1. The van der Waals surface area contributed by atoms with E-state index in [4.69, 9.17) is 4.52 Å². The van der Waals surface area contributed by atoms with Crippen molar-refractivity contribution in [2.24, 2.45) is 5.92 Å². The van der Waals surface area contributed by atoms with Crippen molar-refractivity contribution < 1.29 is 19.2 Å². The molecule has 8 heteroatoms. The summed E-state index contributed by atoms with van der Waals surface area (Å²) in [6.45, 7) is 10.6. The largest absolute Gasteiger partial charge is 0.360 e. The molecule has 1 heterocycles. The Hall–Kier alpha value is -1.41. The molecule has 1 N–H and O–H groups in total. The topological polar surface area (TPSA) is 92.5 Å². The van der Waals surface area contributed by atoms with E-state index in [0.717, 1.165) is 0 Å². The van der Waals surface area contributed by atoms with Crippen molar-refractivity contribution >= 4 is 15.9 Å². The minimum absolute atomic E-state index is 0. The molecule has 22 heavy (non-hydrogen) atoms. The lowest BCUT2D eigenvalue weighted by Crippen LogP contribution is -2.44. The van der Waals surface area contributed by atoms with E-state index in [2.05, 4.69) is 10.5 Å². The molecule has 0 aliphatic rings. The van der Waals surface area contributed by atoms with Gasteiger partial charge in [-0.2, -0.15) is 4.31 Å². The van der Waals surface area contributed by atoms with Gasteiger partial charge in [-0.25, -0.2) is 8.42 Å². The third-order valence-corrected chi connectivity index (χ3v) is 4.96. The average molecular weight is 333 g/mol. The van der Waals surface area contributed by atoms with E-state index >= 15 is 0 Å². The normalized spacial score (nSPS) is 12.4. The number of carbonyl (C=O) groups excluding carboxylic acids is 1. The van der Waals surface area contributed by atoms with E-state index in [1.807, 2.05) is 27.7 Å². The fourth-order valence-corrected chi connectivity index (χ4v) is 4.01. The van der Waals surface area contributed by atoms with Crippen molar-refractivity contribution in [2.45, 2.75) is 52.5 Å². The summed E-state index contributed by atoms with van der Waals surface area (Å²) in [5.74, 6) is -0.0105. The Morgan fingerprint density at radius 2 is 1.91 bits per heavy atom. The summed E-state index contributed by atoms with van der Waals surface area (Å²) in [6, 6.07) is -0.0461. The predicted octanol–water partition coefficient (Wildman–Crippen LogP) is 1.71. The lowest BCUT2D eigenvalue weighted by Gasteiger charge is -2.23. The van der Waals surface area contributed by atoms with Crippen molar-refractivity contribution in [2.75, 3.05) is 13.1 Å². The fraction of sp³-hybridized carbons (Fsp3) is 0.714. The van der Waals surface area contributed by atoms with Gasteiger partial charge in [-0.1, -0.05) is 19.0 Å². The maximum Gasteiger partial charge on any atom is 0.248 e. The number of nitrogens with one attached hydrogen (secondary N) is 1. The van der Waals surface area contributed by atoms with Crippen LogP contribution in [0.25, 0.3) is 0 Å². The van der Waals surface area contributed by atoms with Gasteiger partial charge in [0.25, 0.3) is 0 Å². The quantitative estimate of drug-likeness (QED) is 0.820. The smallest absolute Gasteiger partial charge is 0.248 e. The Kier molecular flexibility index (Phi) is 6.13. The van der Waals surface area contributed by atoms with Gasteiger partial charge in [0.2, 0.25) is 15.9 Å². The highest BCUT2D eigenvalue weighted by Crippen LogP contribution is 2.23. The van der Waals surface area contributed by atoms with Gasteiger partial charge in [-0.15, -0.1) is 0 Å². The van der Waals surface area contributed by atoms with Gasteiger partial charge in [-0.3, -0.25) is 4.79 Å². The highest BCUT2D eigenvalue weighted by Gasteiger charge is 2.32. The number of carbonyl (C=O) groups is 1. The van der Waals surface area contributed by atoms with Crippen LogP contribution < -0.4 is 5.32 Å². The third-order valence-electron chi connectivity index (χ3n) is 2.90. The maximum absolute atomic E-state index is 12.8. The summed E-state index contributed by atoms with van der Waals surface area (Å²) in [5, 5.41) is 6.40. The lowest BCUT2D eigenvalue weighted by molar-refractivity contribution is -0.121. The molecular weight excluding hydrogens is 306 g/mol. The van der Waals surface area contributed by atoms with Gasteiger partial charge < -0.3 is 9.84 Å². The van der Waals surface area contributed by atoms with Crippen molar-refractivity contribution in [1.29, 1.82) is 0 Å². The first kappa shape index (κ1) is 18.6. The molecule has 0 saturated carbocycles. The van der Waals surface area contributed by atoms with Crippen LogP contribution in [0.1, 0.15) is 40.6 Å². The average Bonchev–Trinajstić information content (AvgIpc) is 2.66. The van der Waals surface area contributed by atoms with Crippen LogP contribution in [-0.2, 0) is 14.8 Å². The van der Waals surface area contributed by atoms with Crippen LogP contribution in [0.2, 0.25) is 0 Å². The Bertz CT molecular complexity index is 606. The van der Waals surface area contributed by atoms with Crippen LogP contribution in [0, 0.1) is 19.8 Å². The molecule has 0 aliphatic carbocycles. The number of rotatable bonds is 7. The molecule has 7 nitrogen and oxygen atoms in total. The molecule has 1 aromatic heterocycles. The molecule has 0 radical (unpaired) electrons. The SMILES string of the molecule is Cc1noc(C)c1S(=O)(=O)N(CC(=O)NC(C)C)CC(C)C.[HH]. The molecular formula is C14H27N3O4S. The highest BCUT2D eigenvalue weighted by molar-refractivity contribution is 7.89. The molecule has 1 aromatic rings. The Balaban J connectivity index is 0.00000484. The van der Waals surface area contributed by atoms with Crippen molar-refractivity contribution in [3.63, 3.8) is 0 Å². The molecule has 0 bridgehead atoms. The Morgan fingerprint density at radius 1 is 1.32 bits per heavy atom. The first-order valence-corrected chi connectivity index (χ1v) is 8.72. The molecule has 1 amide bonds. The first-order chi connectivity index (χ1) is 10.1. The van der Waals surface area contributed by atoms with Crippen LogP contribution in [-0.4, -0.2) is 42.9 Å². The van der Waals surface area contributed by atoms with E-state index in [0.29, 0.717) is 5.69 Å². The fourth-order valence-electron chi connectivity index (χ4n) is 2.15. The zero-order chi connectivity index (χ0) is 17.1. The molecule has 0 spiro atoms. The minimum atomic E-state index is -3.83.